The predicted molar refractivity (Wildman–Crippen MR) is 192 cm³/mol. The van der Waals surface area contributed by atoms with E-state index in [1.54, 1.807) is 42.1 Å². The summed E-state index contributed by atoms with van der Waals surface area (Å²) in [6.07, 6.45) is 6.90. The zero-order valence-corrected chi connectivity index (χ0v) is 30.4. The first-order chi connectivity index (χ1) is 25.2. The van der Waals surface area contributed by atoms with Gasteiger partial charge in [-0.25, -0.2) is 27.5 Å². The minimum atomic E-state index is -3.90. The van der Waals surface area contributed by atoms with Gasteiger partial charge in [0, 0.05) is 49.0 Å². The summed E-state index contributed by atoms with van der Waals surface area (Å²) in [6.45, 7) is 0.474. The fourth-order valence-electron chi connectivity index (χ4n) is 4.43. The van der Waals surface area contributed by atoms with E-state index in [2.05, 4.69) is 15.3 Å². The molecule has 0 unspecified atom stereocenters. The molecule has 276 valence electrons. The molecule has 0 aliphatic heterocycles. The van der Waals surface area contributed by atoms with Crippen LogP contribution < -0.4 is 5.32 Å². The fourth-order valence-corrected chi connectivity index (χ4v) is 9.36. The number of carbonyl (C=O) groups excluding carboxylic acids is 1. The number of aliphatic carboxylic acids is 2. The maximum Gasteiger partial charge on any atom is 0.328 e. The largest absolute Gasteiger partial charge is 0.478 e. The summed E-state index contributed by atoms with van der Waals surface area (Å²) in [5, 5.41) is 21.9. The second-order valence-electron chi connectivity index (χ2n) is 10.2. The van der Waals surface area contributed by atoms with Crippen LogP contribution in [0.15, 0.2) is 117 Å². The van der Waals surface area contributed by atoms with Gasteiger partial charge < -0.3 is 15.5 Å². The van der Waals surface area contributed by atoms with Gasteiger partial charge in [-0.15, -0.1) is 22.7 Å². The third-order valence-electron chi connectivity index (χ3n) is 6.62. The lowest BCUT2D eigenvalue weighted by atomic mass is 10.2. The van der Waals surface area contributed by atoms with Crippen molar-refractivity contribution in [1.29, 1.82) is 0 Å². The van der Waals surface area contributed by atoms with Crippen LogP contribution in [0.5, 0.6) is 0 Å². The molecule has 6 aromatic heterocycles. The molecular weight excluding hydrogens is 777 g/mol. The Bertz CT molecular complexity index is 2440. The number of rotatable bonds is 11. The van der Waals surface area contributed by atoms with E-state index < -0.39 is 43.9 Å². The Labute approximate surface area is 309 Å². The van der Waals surface area contributed by atoms with Crippen molar-refractivity contribution in [3.63, 3.8) is 0 Å². The molecule has 0 atom stereocenters. The van der Waals surface area contributed by atoms with Gasteiger partial charge in [0.1, 0.15) is 8.42 Å². The van der Waals surface area contributed by atoms with Crippen LogP contribution in [0.2, 0.25) is 0 Å². The predicted octanol–water partition coefficient (Wildman–Crippen LogP) is 5.22. The monoisotopic (exact) mass is 803 g/mol. The standard InChI is InChI=1S/C15H14FN3O2S2.C14H9FN2O3S2.C4H4O4/c1-17-9-11-8-13(12-4-2-6-18-15(12)16)19(10-11)23(20,21)14-5-3-7-22-14;15-14-11(3-1-5-16-14)12-7-10(9-18)8-17(12)22(19,20)13-4-2-6-21-13;5-3(6)1-2-4(7)8/h2-8,10,17H,9H2,1H3;1-9H;1-2H,(H,5,6)(H,7,8)/b;;2-1+. The summed E-state index contributed by atoms with van der Waals surface area (Å²) in [6, 6.07) is 15.2. The molecule has 0 aliphatic carbocycles. The highest BCUT2D eigenvalue weighted by atomic mass is 32.3. The van der Waals surface area contributed by atoms with Gasteiger partial charge in [-0.1, -0.05) is 12.1 Å². The van der Waals surface area contributed by atoms with Gasteiger partial charge in [-0.2, -0.15) is 25.6 Å². The first kappa shape index (κ1) is 40.1. The maximum absolute atomic E-state index is 14.0. The topological polar surface area (TPSA) is 208 Å². The number of aldehydes is 1. The SMILES string of the molecule is CNCc1cc(-c2cccnc2F)n(S(=O)(=O)c2cccs2)c1.O=C(O)/C=C/C(=O)O.O=Cc1cc(-c2cccnc2F)n(S(=O)(=O)c2cccs2)c1. The zero-order chi connectivity index (χ0) is 38.8. The molecule has 0 spiro atoms. The van der Waals surface area contributed by atoms with Crippen LogP contribution in [0, 0.1) is 11.9 Å². The highest BCUT2D eigenvalue weighted by Gasteiger charge is 2.25. The number of hydrogen-bond donors (Lipinski definition) is 3. The Balaban J connectivity index is 0.000000197. The van der Waals surface area contributed by atoms with Crippen molar-refractivity contribution in [3.05, 3.63) is 131 Å². The third kappa shape index (κ3) is 9.81. The van der Waals surface area contributed by atoms with Crippen molar-refractivity contribution in [3.8, 4) is 22.5 Å². The van der Waals surface area contributed by atoms with Crippen molar-refractivity contribution in [2.45, 2.75) is 15.0 Å². The van der Waals surface area contributed by atoms with Crippen LogP contribution in [0.25, 0.3) is 22.5 Å². The molecule has 6 aromatic rings. The summed E-state index contributed by atoms with van der Waals surface area (Å²) < 4.78 is 81.2. The maximum atomic E-state index is 14.0. The van der Waals surface area contributed by atoms with Crippen LogP contribution in [0.4, 0.5) is 8.78 Å². The van der Waals surface area contributed by atoms with Crippen LogP contribution in [-0.2, 0) is 36.2 Å². The molecule has 3 N–H and O–H groups in total. The summed E-state index contributed by atoms with van der Waals surface area (Å²) in [4.78, 5) is 37.2. The number of halogens is 2. The summed E-state index contributed by atoms with van der Waals surface area (Å²) in [5.74, 6) is -4.02. The second-order valence-corrected chi connectivity index (χ2v) is 16.2. The molecule has 6 heterocycles. The summed E-state index contributed by atoms with van der Waals surface area (Å²) >= 11 is 2.16. The first-order valence-corrected chi connectivity index (χ1v) is 19.3. The summed E-state index contributed by atoms with van der Waals surface area (Å²) in [5.41, 5.74) is 1.35. The van der Waals surface area contributed by atoms with Crippen molar-refractivity contribution < 1.29 is 50.2 Å². The van der Waals surface area contributed by atoms with Crippen molar-refractivity contribution >= 4 is 60.9 Å². The normalized spacial score (nSPS) is 11.3. The quantitative estimate of drug-likeness (QED) is 0.0876. The molecule has 0 saturated heterocycles. The number of nitrogens with one attached hydrogen (secondary N) is 1. The van der Waals surface area contributed by atoms with Gasteiger partial charge in [0.2, 0.25) is 11.9 Å². The molecule has 14 nitrogen and oxygen atoms in total. The molecular formula is C33H27F2N5O9S4. The number of pyridine rings is 2. The van der Waals surface area contributed by atoms with Gasteiger partial charge >= 0.3 is 11.9 Å². The number of carboxylic acid groups (broad SMARTS) is 2. The number of thiophene rings is 2. The van der Waals surface area contributed by atoms with E-state index in [1.165, 1.54) is 61.2 Å². The molecule has 0 radical (unpaired) electrons. The Morgan fingerprint density at radius 1 is 0.774 bits per heavy atom. The average Bonchev–Trinajstić information content (AvgIpc) is 3.96. The van der Waals surface area contributed by atoms with E-state index in [0.29, 0.717) is 25.0 Å². The van der Waals surface area contributed by atoms with Gasteiger partial charge in [0.15, 0.2) is 6.29 Å². The van der Waals surface area contributed by atoms with E-state index in [1.807, 2.05) is 0 Å². The van der Waals surface area contributed by atoms with E-state index in [-0.39, 0.29) is 36.5 Å². The Morgan fingerprint density at radius 3 is 1.64 bits per heavy atom. The van der Waals surface area contributed by atoms with Crippen LogP contribution in [0.1, 0.15) is 15.9 Å². The zero-order valence-electron chi connectivity index (χ0n) is 27.1. The minimum Gasteiger partial charge on any atom is -0.478 e. The van der Waals surface area contributed by atoms with Crippen LogP contribution >= 0.6 is 22.7 Å². The Morgan fingerprint density at radius 2 is 1.25 bits per heavy atom. The lowest BCUT2D eigenvalue weighted by Crippen LogP contribution is -2.12. The first-order valence-electron chi connectivity index (χ1n) is 14.7. The Kier molecular flexibility index (Phi) is 13.4. The second kappa shape index (κ2) is 17.7. The number of aromatic nitrogens is 4. The minimum absolute atomic E-state index is 0.00994. The van der Waals surface area contributed by atoms with E-state index in [0.717, 1.165) is 36.2 Å². The van der Waals surface area contributed by atoms with E-state index in [4.69, 9.17) is 10.2 Å². The highest BCUT2D eigenvalue weighted by molar-refractivity contribution is 7.92. The van der Waals surface area contributed by atoms with E-state index in [9.17, 15) is 40.0 Å². The smallest absolute Gasteiger partial charge is 0.328 e. The average molecular weight is 804 g/mol. The molecule has 53 heavy (non-hydrogen) atoms. The van der Waals surface area contributed by atoms with Crippen molar-refractivity contribution in [1.82, 2.24) is 23.2 Å². The molecule has 0 saturated carbocycles. The lowest BCUT2D eigenvalue weighted by Gasteiger charge is -2.09. The molecule has 0 fully saturated rings. The number of carbonyl (C=O) groups is 3. The third-order valence-corrected chi connectivity index (χ3v) is 12.7. The van der Waals surface area contributed by atoms with Crippen LogP contribution in [0.3, 0.4) is 0 Å². The number of nitrogens with zero attached hydrogens (tertiary/aromatic N) is 4. The van der Waals surface area contributed by atoms with Gasteiger partial charge in [0.05, 0.1) is 22.5 Å². The van der Waals surface area contributed by atoms with E-state index >= 15 is 0 Å². The highest BCUT2D eigenvalue weighted by Crippen LogP contribution is 2.31. The van der Waals surface area contributed by atoms with Gasteiger partial charge in [-0.05, 0) is 71.9 Å². The lowest BCUT2D eigenvalue weighted by molar-refractivity contribution is -0.134. The molecule has 0 aromatic carbocycles. The van der Waals surface area contributed by atoms with Crippen molar-refractivity contribution in [2.24, 2.45) is 0 Å². The molecule has 0 aliphatic rings. The molecule has 0 bridgehead atoms. The van der Waals surface area contributed by atoms with Crippen molar-refractivity contribution in [2.75, 3.05) is 7.05 Å². The number of carboxylic acids is 2. The fraction of sp³-hybridized carbons (Fsp3) is 0.0606. The van der Waals surface area contributed by atoms with Crippen LogP contribution in [-0.4, -0.2) is 70.2 Å². The molecule has 6 rings (SSSR count). The summed E-state index contributed by atoms with van der Waals surface area (Å²) in [7, 11) is -5.91. The molecule has 20 heteroatoms. The Hall–Kier alpha value is -5.67. The van der Waals surface area contributed by atoms with Gasteiger partial charge in [0.25, 0.3) is 20.0 Å². The molecule has 0 amide bonds. The van der Waals surface area contributed by atoms with Gasteiger partial charge in [-0.3, -0.25) is 4.79 Å². The number of hydrogen-bond acceptors (Lipinski definition) is 12.